The molecule has 0 fully saturated rings. The van der Waals surface area contributed by atoms with Crippen LogP contribution in [0.5, 0.6) is 0 Å². The molecule has 1 rings (SSSR count). The maximum Gasteiger partial charge on any atom is 0.325 e. The topological polar surface area (TPSA) is 83.6 Å². The quantitative estimate of drug-likeness (QED) is 0.657. The number of aryl methyl sites for hydroxylation is 1. The minimum absolute atomic E-state index is 0.0516. The largest absolute Gasteiger partial charge is 0.330 e. The van der Waals surface area contributed by atoms with E-state index in [0.29, 0.717) is 19.4 Å². The monoisotopic (exact) mass is 243 g/mol. The smallest absolute Gasteiger partial charge is 0.325 e. The van der Waals surface area contributed by atoms with E-state index in [-0.39, 0.29) is 6.16 Å². The molecule has 1 aromatic carbocycles. The van der Waals surface area contributed by atoms with E-state index in [4.69, 9.17) is 15.5 Å². The Bertz CT molecular complexity index is 375. The van der Waals surface area contributed by atoms with E-state index in [9.17, 15) is 4.57 Å². The summed E-state index contributed by atoms with van der Waals surface area (Å²) >= 11 is 0. The molecule has 0 aliphatic heterocycles. The number of rotatable bonds is 6. The second-order valence-electron chi connectivity index (χ2n) is 3.80. The van der Waals surface area contributed by atoms with Crippen LogP contribution in [0.2, 0.25) is 0 Å². The van der Waals surface area contributed by atoms with E-state index < -0.39 is 7.60 Å². The van der Waals surface area contributed by atoms with Crippen LogP contribution in [-0.2, 0) is 17.4 Å². The van der Waals surface area contributed by atoms with Gasteiger partial charge < -0.3 is 15.5 Å². The number of hydrogen-bond donors (Lipinski definition) is 3. The molecule has 5 heteroatoms. The molecule has 0 aliphatic rings. The highest BCUT2D eigenvalue weighted by Gasteiger charge is 2.12. The first kappa shape index (κ1) is 13.4. The van der Waals surface area contributed by atoms with Crippen molar-refractivity contribution < 1.29 is 14.4 Å². The van der Waals surface area contributed by atoms with Gasteiger partial charge in [-0.1, -0.05) is 24.3 Å². The van der Waals surface area contributed by atoms with Crippen LogP contribution in [0.25, 0.3) is 0 Å². The molecule has 0 aromatic heterocycles. The van der Waals surface area contributed by atoms with E-state index in [2.05, 4.69) is 0 Å². The Hall–Kier alpha value is -0.670. The maximum atomic E-state index is 10.7. The zero-order valence-electron chi connectivity index (χ0n) is 9.17. The fourth-order valence-corrected chi connectivity index (χ4v) is 2.25. The van der Waals surface area contributed by atoms with Crippen molar-refractivity contribution in [3.05, 3.63) is 35.4 Å². The average Bonchev–Trinajstić information content (AvgIpc) is 2.19. The summed E-state index contributed by atoms with van der Waals surface area (Å²) in [4.78, 5) is 17.5. The van der Waals surface area contributed by atoms with E-state index >= 15 is 0 Å². The SMILES string of the molecule is NCCc1ccccc1CCCP(=O)(O)O. The van der Waals surface area contributed by atoms with E-state index in [1.165, 1.54) is 5.56 Å². The lowest BCUT2D eigenvalue weighted by molar-refractivity contribution is 0.371. The zero-order chi connectivity index (χ0) is 12.0. The highest BCUT2D eigenvalue weighted by molar-refractivity contribution is 7.51. The first-order chi connectivity index (χ1) is 7.53. The maximum absolute atomic E-state index is 10.7. The molecule has 0 unspecified atom stereocenters. The molecule has 0 radical (unpaired) electrons. The molecule has 90 valence electrons. The Morgan fingerprint density at radius 1 is 1.12 bits per heavy atom. The molecule has 0 heterocycles. The molecule has 1 aromatic rings. The van der Waals surface area contributed by atoms with Crippen molar-refractivity contribution >= 4 is 7.60 Å². The lowest BCUT2D eigenvalue weighted by Gasteiger charge is -2.08. The third-order valence-corrected chi connectivity index (χ3v) is 3.33. The minimum atomic E-state index is -3.86. The second-order valence-corrected chi connectivity index (χ2v) is 5.58. The van der Waals surface area contributed by atoms with Gasteiger partial charge in [0.15, 0.2) is 0 Å². The van der Waals surface area contributed by atoms with Gasteiger partial charge in [0.05, 0.1) is 6.16 Å². The summed E-state index contributed by atoms with van der Waals surface area (Å²) in [6.07, 6.45) is 1.96. The molecule has 0 spiro atoms. The summed E-state index contributed by atoms with van der Waals surface area (Å²) in [5, 5.41) is 0. The van der Waals surface area contributed by atoms with Crippen LogP contribution >= 0.6 is 7.60 Å². The molecule has 0 bridgehead atoms. The molecule has 0 atom stereocenters. The standard InChI is InChI=1S/C11H18NO3P/c12-8-7-11-5-2-1-4-10(11)6-3-9-16(13,14)15/h1-2,4-5H,3,6-9,12H2,(H2,13,14,15). The Morgan fingerprint density at radius 2 is 1.69 bits per heavy atom. The summed E-state index contributed by atoms with van der Waals surface area (Å²) in [5.74, 6) is 0. The fraction of sp³-hybridized carbons (Fsp3) is 0.455. The van der Waals surface area contributed by atoms with Gasteiger partial charge in [-0.25, -0.2) is 0 Å². The van der Waals surface area contributed by atoms with Crippen LogP contribution in [0.15, 0.2) is 24.3 Å². The molecular formula is C11H18NO3P. The normalized spacial score (nSPS) is 11.7. The van der Waals surface area contributed by atoms with Crippen molar-refractivity contribution in [1.82, 2.24) is 0 Å². The van der Waals surface area contributed by atoms with E-state index in [1.54, 1.807) is 0 Å². The van der Waals surface area contributed by atoms with Gasteiger partial charge in [-0.3, -0.25) is 4.57 Å². The van der Waals surface area contributed by atoms with Gasteiger partial charge in [-0.05, 0) is 36.9 Å². The molecule has 0 amide bonds. The van der Waals surface area contributed by atoms with Gasteiger partial charge in [-0.2, -0.15) is 0 Å². The predicted molar refractivity (Wildman–Crippen MR) is 64.4 cm³/mol. The highest BCUT2D eigenvalue weighted by atomic mass is 31.2. The third kappa shape index (κ3) is 4.90. The lowest BCUT2D eigenvalue weighted by Crippen LogP contribution is -2.05. The summed E-state index contributed by atoms with van der Waals surface area (Å²) < 4.78 is 10.7. The van der Waals surface area contributed by atoms with Gasteiger partial charge in [0.1, 0.15) is 0 Å². The molecule has 16 heavy (non-hydrogen) atoms. The summed E-state index contributed by atoms with van der Waals surface area (Å²) in [6, 6.07) is 7.90. The van der Waals surface area contributed by atoms with Crippen LogP contribution in [0.3, 0.4) is 0 Å². The summed E-state index contributed by atoms with van der Waals surface area (Å²) in [7, 11) is -3.86. The predicted octanol–water partition coefficient (Wildman–Crippen LogP) is 1.30. The first-order valence-electron chi connectivity index (χ1n) is 5.34. The number of hydrogen-bond acceptors (Lipinski definition) is 2. The summed E-state index contributed by atoms with van der Waals surface area (Å²) in [5.41, 5.74) is 7.82. The van der Waals surface area contributed by atoms with Crippen molar-refractivity contribution in [2.45, 2.75) is 19.3 Å². The molecule has 0 aliphatic carbocycles. The van der Waals surface area contributed by atoms with Crippen molar-refractivity contribution in [2.24, 2.45) is 5.73 Å². The van der Waals surface area contributed by atoms with Crippen molar-refractivity contribution in [1.29, 1.82) is 0 Å². The minimum Gasteiger partial charge on any atom is -0.330 e. The van der Waals surface area contributed by atoms with Gasteiger partial charge in [0, 0.05) is 0 Å². The molecule has 0 saturated carbocycles. The number of benzene rings is 1. The highest BCUT2D eigenvalue weighted by Crippen LogP contribution is 2.35. The Labute approximate surface area is 95.6 Å². The van der Waals surface area contributed by atoms with Gasteiger partial charge in [-0.15, -0.1) is 0 Å². The number of nitrogens with two attached hydrogens (primary N) is 1. The Kier molecular flexibility index (Phi) is 5.16. The van der Waals surface area contributed by atoms with E-state index in [1.807, 2.05) is 24.3 Å². The lowest BCUT2D eigenvalue weighted by atomic mass is 10.0. The average molecular weight is 243 g/mol. The third-order valence-electron chi connectivity index (χ3n) is 2.43. The summed E-state index contributed by atoms with van der Waals surface area (Å²) in [6.45, 7) is 0.593. The Morgan fingerprint density at radius 3 is 2.19 bits per heavy atom. The van der Waals surface area contributed by atoms with Crippen LogP contribution in [0.1, 0.15) is 17.5 Å². The fourth-order valence-electron chi connectivity index (χ4n) is 1.68. The second kappa shape index (κ2) is 6.16. The van der Waals surface area contributed by atoms with Crippen LogP contribution in [-0.4, -0.2) is 22.5 Å². The molecule has 0 saturated heterocycles. The molecular weight excluding hydrogens is 225 g/mol. The molecule has 4 N–H and O–H groups in total. The zero-order valence-corrected chi connectivity index (χ0v) is 10.1. The van der Waals surface area contributed by atoms with Gasteiger partial charge in [0.2, 0.25) is 0 Å². The van der Waals surface area contributed by atoms with E-state index in [0.717, 1.165) is 12.0 Å². The first-order valence-corrected chi connectivity index (χ1v) is 7.14. The molecule has 4 nitrogen and oxygen atoms in total. The van der Waals surface area contributed by atoms with Crippen molar-refractivity contribution in [3.8, 4) is 0 Å². The van der Waals surface area contributed by atoms with Crippen molar-refractivity contribution in [2.75, 3.05) is 12.7 Å². The van der Waals surface area contributed by atoms with Gasteiger partial charge >= 0.3 is 7.60 Å². The van der Waals surface area contributed by atoms with Crippen LogP contribution in [0.4, 0.5) is 0 Å². The van der Waals surface area contributed by atoms with Crippen LogP contribution in [0, 0.1) is 0 Å². The van der Waals surface area contributed by atoms with Crippen LogP contribution < -0.4 is 5.73 Å². The Balaban J connectivity index is 2.56. The van der Waals surface area contributed by atoms with Crippen molar-refractivity contribution in [3.63, 3.8) is 0 Å². The van der Waals surface area contributed by atoms with Gasteiger partial charge in [0.25, 0.3) is 0 Å².